The predicted octanol–water partition coefficient (Wildman–Crippen LogP) is 2.74. The van der Waals surface area contributed by atoms with Gasteiger partial charge in [0.2, 0.25) is 0 Å². The van der Waals surface area contributed by atoms with Gasteiger partial charge in [-0.1, -0.05) is 17.7 Å². The summed E-state index contributed by atoms with van der Waals surface area (Å²) in [5.41, 5.74) is 3.82. The fourth-order valence-corrected chi connectivity index (χ4v) is 2.44. The van der Waals surface area contributed by atoms with Crippen molar-refractivity contribution in [1.29, 1.82) is 0 Å². The summed E-state index contributed by atoms with van der Waals surface area (Å²) >= 11 is 0. The number of piperidine rings is 1. The van der Waals surface area contributed by atoms with Gasteiger partial charge in [0.05, 0.1) is 0 Å². The van der Waals surface area contributed by atoms with Crippen LogP contribution in [-0.4, -0.2) is 19.2 Å². The van der Waals surface area contributed by atoms with Crippen molar-refractivity contribution < 1.29 is 4.74 Å². The summed E-state index contributed by atoms with van der Waals surface area (Å²) in [4.78, 5) is 0. The number of hydrogen-bond donors (Lipinski definition) is 1. The summed E-state index contributed by atoms with van der Waals surface area (Å²) in [5.74, 6) is 1.08. The minimum absolute atomic E-state index is 0.342. The molecule has 0 aliphatic carbocycles. The summed E-state index contributed by atoms with van der Waals surface area (Å²) in [6.45, 7) is 8.50. The molecule has 2 heteroatoms. The Hall–Kier alpha value is -1.02. The number of ether oxygens (including phenoxy) is 1. The first kappa shape index (κ1) is 11.5. The van der Waals surface area contributed by atoms with Gasteiger partial charge in [0.25, 0.3) is 0 Å². The lowest BCUT2D eigenvalue weighted by Gasteiger charge is -2.25. The fraction of sp³-hybridized carbons (Fsp3) is 0.571. The maximum atomic E-state index is 6.11. The van der Waals surface area contributed by atoms with Crippen molar-refractivity contribution in [2.24, 2.45) is 0 Å². The maximum absolute atomic E-state index is 6.11. The third-order valence-corrected chi connectivity index (χ3v) is 3.14. The molecule has 1 N–H and O–H groups in total. The summed E-state index contributed by atoms with van der Waals surface area (Å²) in [7, 11) is 0. The summed E-state index contributed by atoms with van der Waals surface area (Å²) in [6, 6.07) is 4.39. The van der Waals surface area contributed by atoms with E-state index in [1.807, 2.05) is 0 Å². The largest absolute Gasteiger partial charge is 0.489 e. The van der Waals surface area contributed by atoms with Crippen LogP contribution in [0.4, 0.5) is 0 Å². The summed E-state index contributed by atoms with van der Waals surface area (Å²) in [6.07, 6.45) is 2.72. The molecule has 0 saturated carbocycles. The maximum Gasteiger partial charge on any atom is 0.125 e. The average molecular weight is 219 g/mol. The Labute approximate surface area is 98.0 Å². The van der Waals surface area contributed by atoms with E-state index in [1.54, 1.807) is 0 Å². The summed E-state index contributed by atoms with van der Waals surface area (Å²) in [5, 5.41) is 3.38. The van der Waals surface area contributed by atoms with E-state index in [4.69, 9.17) is 4.74 Å². The smallest absolute Gasteiger partial charge is 0.125 e. The van der Waals surface area contributed by atoms with Gasteiger partial charge < -0.3 is 10.1 Å². The van der Waals surface area contributed by atoms with E-state index in [2.05, 4.69) is 38.2 Å². The molecule has 0 aromatic heterocycles. The number of benzene rings is 1. The van der Waals surface area contributed by atoms with Gasteiger partial charge in [-0.05, 0) is 51.3 Å². The van der Waals surface area contributed by atoms with Crippen molar-refractivity contribution in [2.75, 3.05) is 13.1 Å². The Morgan fingerprint density at radius 3 is 2.44 bits per heavy atom. The molecule has 0 radical (unpaired) electrons. The second-order valence-corrected chi connectivity index (χ2v) is 4.81. The van der Waals surface area contributed by atoms with Gasteiger partial charge in [0, 0.05) is 6.54 Å². The molecule has 1 fully saturated rings. The molecule has 0 amide bonds. The molecular formula is C14H21NO. The Morgan fingerprint density at radius 2 is 1.88 bits per heavy atom. The molecule has 0 spiro atoms. The van der Waals surface area contributed by atoms with E-state index in [0.29, 0.717) is 6.10 Å². The van der Waals surface area contributed by atoms with E-state index in [9.17, 15) is 0 Å². The SMILES string of the molecule is Cc1cc(C)c(OC2CCCNC2)c(C)c1. The molecule has 1 saturated heterocycles. The second kappa shape index (κ2) is 4.88. The van der Waals surface area contributed by atoms with Gasteiger partial charge in [0.15, 0.2) is 0 Å². The van der Waals surface area contributed by atoms with E-state index in [-0.39, 0.29) is 0 Å². The predicted molar refractivity (Wildman–Crippen MR) is 67.2 cm³/mol. The van der Waals surface area contributed by atoms with Crippen LogP contribution in [0.3, 0.4) is 0 Å². The average Bonchev–Trinajstić information content (AvgIpc) is 2.25. The first-order valence-corrected chi connectivity index (χ1v) is 6.12. The third kappa shape index (κ3) is 2.56. The number of aryl methyl sites for hydroxylation is 3. The van der Waals surface area contributed by atoms with Crippen LogP contribution in [0.15, 0.2) is 12.1 Å². The highest BCUT2D eigenvalue weighted by molar-refractivity contribution is 5.43. The van der Waals surface area contributed by atoms with Crippen molar-refractivity contribution in [3.63, 3.8) is 0 Å². The van der Waals surface area contributed by atoms with Crippen LogP contribution in [-0.2, 0) is 0 Å². The minimum atomic E-state index is 0.342. The molecule has 2 nitrogen and oxygen atoms in total. The molecule has 1 aromatic carbocycles. The van der Waals surface area contributed by atoms with Crippen molar-refractivity contribution in [2.45, 2.75) is 39.7 Å². The standard InChI is InChI=1S/C14H21NO/c1-10-7-11(2)14(12(3)8-10)16-13-5-4-6-15-9-13/h7-8,13,15H,4-6,9H2,1-3H3. The van der Waals surface area contributed by atoms with Gasteiger partial charge in [-0.2, -0.15) is 0 Å². The Bertz CT molecular complexity index is 344. The Kier molecular flexibility index (Phi) is 3.49. The van der Waals surface area contributed by atoms with Gasteiger partial charge in [-0.3, -0.25) is 0 Å². The molecule has 1 aliphatic rings. The quantitative estimate of drug-likeness (QED) is 0.826. The molecule has 1 heterocycles. The summed E-state index contributed by atoms with van der Waals surface area (Å²) < 4.78 is 6.11. The highest BCUT2D eigenvalue weighted by atomic mass is 16.5. The van der Waals surface area contributed by atoms with Crippen LogP contribution in [0.5, 0.6) is 5.75 Å². The lowest BCUT2D eigenvalue weighted by molar-refractivity contribution is 0.165. The molecule has 88 valence electrons. The lowest BCUT2D eigenvalue weighted by Crippen LogP contribution is -2.37. The zero-order valence-corrected chi connectivity index (χ0v) is 10.5. The zero-order valence-electron chi connectivity index (χ0n) is 10.5. The number of hydrogen-bond acceptors (Lipinski definition) is 2. The molecule has 2 rings (SSSR count). The van der Waals surface area contributed by atoms with E-state index >= 15 is 0 Å². The van der Waals surface area contributed by atoms with Crippen molar-refractivity contribution >= 4 is 0 Å². The van der Waals surface area contributed by atoms with Crippen LogP contribution in [0, 0.1) is 20.8 Å². The zero-order chi connectivity index (χ0) is 11.5. The second-order valence-electron chi connectivity index (χ2n) is 4.81. The van der Waals surface area contributed by atoms with Crippen LogP contribution < -0.4 is 10.1 Å². The first-order chi connectivity index (χ1) is 7.66. The highest BCUT2D eigenvalue weighted by Crippen LogP contribution is 2.26. The molecule has 1 atom stereocenters. The topological polar surface area (TPSA) is 21.3 Å². The minimum Gasteiger partial charge on any atom is -0.489 e. The van der Waals surface area contributed by atoms with E-state index < -0.39 is 0 Å². The van der Waals surface area contributed by atoms with Gasteiger partial charge in [-0.15, -0.1) is 0 Å². The Balaban J connectivity index is 2.14. The van der Waals surface area contributed by atoms with E-state index in [1.165, 1.54) is 29.5 Å². The molecular weight excluding hydrogens is 198 g/mol. The molecule has 1 aliphatic heterocycles. The van der Waals surface area contributed by atoms with Crippen LogP contribution in [0.2, 0.25) is 0 Å². The number of rotatable bonds is 2. The van der Waals surface area contributed by atoms with Crippen LogP contribution in [0.1, 0.15) is 29.5 Å². The fourth-order valence-electron chi connectivity index (χ4n) is 2.44. The number of nitrogens with one attached hydrogen (secondary N) is 1. The molecule has 1 unspecified atom stereocenters. The molecule has 0 bridgehead atoms. The molecule has 1 aromatic rings. The van der Waals surface area contributed by atoms with E-state index in [0.717, 1.165) is 18.8 Å². The normalized spacial score (nSPS) is 20.8. The van der Waals surface area contributed by atoms with Gasteiger partial charge in [0.1, 0.15) is 11.9 Å². The van der Waals surface area contributed by atoms with Crippen molar-refractivity contribution in [3.8, 4) is 5.75 Å². The van der Waals surface area contributed by atoms with Crippen molar-refractivity contribution in [1.82, 2.24) is 5.32 Å². The molecule has 16 heavy (non-hydrogen) atoms. The highest BCUT2D eigenvalue weighted by Gasteiger charge is 2.16. The van der Waals surface area contributed by atoms with Gasteiger partial charge in [-0.25, -0.2) is 0 Å². The van der Waals surface area contributed by atoms with Gasteiger partial charge >= 0.3 is 0 Å². The Morgan fingerprint density at radius 1 is 1.19 bits per heavy atom. The third-order valence-electron chi connectivity index (χ3n) is 3.14. The first-order valence-electron chi connectivity index (χ1n) is 6.12. The lowest BCUT2D eigenvalue weighted by atomic mass is 10.1. The monoisotopic (exact) mass is 219 g/mol. The van der Waals surface area contributed by atoms with Crippen LogP contribution >= 0.6 is 0 Å². The van der Waals surface area contributed by atoms with Crippen molar-refractivity contribution in [3.05, 3.63) is 28.8 Å². The van der Waals surface area contributed by atoms with Crippen LogP contribution in [0.25, 0.3) is 0 Å².